The lowest BCUT2D eigenvalue weighted by molar-refractivity contribution is -0.0980. The van der Waals surface area contributed by atoms with Crippen LogP contribution in [0.5, 0.6) is 23.0 Å². The van der Waals surface area contributed by atoms with Gasteiger partial charge in [-0.05, 0) is 77.9 Å². The highest BCUT2D eigenvalue weighted by molar-refractivity contribution is 6.09. The van der Waals surface area contributed by atoms with Gasteiger partial charge < -0.3 is 14.3 Å². The summed E-state index contributed by atoms with van der Waals surface area (Å²) in [7, 11) is 0. The third-order valence-electron chi connectivity index (χ3n) is 5.39. The van der Waals surface area contributed by atoms with Crippen molar-refractivity contribution in [2.75, 3.05) is 0 Å². The lowest BCUT2D eigenvalue weighted by atomic mass is 9.98. The number of rotatable bonds is 7. The Morgan fingerprint density at radius 1 is 0.444 bits per heavy atom. The quantitative estimate of drug-likeness (QED) is 0.225. The van der Waals surface area contributed by atoms with E-state index in [1.165, 1.54) is 0 Å². The van der Waals surface area contributed by atoms with E-state index in [0.29, 0.717) is 16.9 Å². The molecule has 0 fully saturated rings. The van der Waals surface area contributed by atoms with E-state index >= 15 is 0 Å². The van der Waals surface area contributed by atoms with Crippen LogP contribution < -0.4 is 9.47 Å². The summed E-state index contributed by atoms with van der Waals surface area (Å²) in [5.41, 5.74) is 3.24. The second-order valence-corrected chi connectivity index (χ2v) is 7.79. The lowest BCUT2D eigenvalue weighted by Crippen LogP contribution is -2.01. The van der Waals surface area contributed by atoms with Crippen LogP contribution in [0.1, 0.15) is 15.9 Å². The number of para-hydroxylation sites is 2. The standard InChI is InChI=1S/C31H22O3.CH2O/c32-31(24-16-20-30(21-17-24)34-28-12-5-2-6-13-28)26-9-7-8-25(22-26)23-14-18-29(19-15-23)33-27-10-3-1-4-11-27;1-2/h1-22H;1H2. The fraction of sp³-hybridized carbons (Fsp3) is 0. The summed E-state index contributed by atoms with van der Waals surface area (Å²) in [5.74, 6) is 2.98. The van der Waals surface area contributed by atoms with Gasteiger partial charge in [-0.3, -0.25) is 4.79 Å². The first-order valence-electron chi connectivity index (χ1n) is 11.3. The summed E-state index contributed by atoms with van der Waals surface area (Å²) in [5, 5.41) is 0. The highest BCUT2D eigenvalue weighted by atomic mass is 16.5. The zero-order valence-corrected chi connectivity index (χ0v) is 19.5. The average molecular weight is 473 g/mol. The van der Waals surface area contributed by atoms with E-state index in [4.69, 9.17) is 14.3 Å². The van der Waals surface area contributed by atoms with Gasteiger partial charge >= 0.3 is 0 Å². The van der Waals surface area contributed by atoms with Crippen LogP contribution in [0.2, 0.25) is 0 Å². The average Bonchev–Trinajstić information content (AvgIpc) is 2.96. The first-order valence-corrected chi connectivity index (χ1v) is 11.3. The van der Waals surface area contributed by atoms with Crippen molar-refractivity contribution in [1.29, 1.82) is 0 Å². The molecule has 0 saturated heterocycles. The summed E-state index contributed by atoms with van der Waals surface area (Å²) >= 11 is 0. The second kappa shape index (κ2) is 12.0. The SMILES string of the molecule is C=O.O=C(c1ccc(Oc2ccccc2)cc1)c1cccc(-c2ccc(Oc3ccccc3)cc2)c1. The molecule has 0 unspecified atom stereocenters. The number of ether oxygens (including phenoxy) is 2. The second-order valence-electron chi connectivity index (χ2n) is 7.79. The summed E-state index contributed by atoms with van der Waals surface area (Å²) in [4.78, 5) is 21.1. The van der Waals surface area contributed by atoms with Gasteiger partial charge in [-0.25, -0.2) is 0 Å². The fourth-order valence-corrected chi connectivity index (χ4v) is 3.65. The van der Waals surface area contributed by atoms with Crippen molar-refractivity contribution in [3.8, 4) is 34.1 Å². The molecule has 5 aromatic rings. The molecule has 0 spiro atoms. The Bertz CT molecular complexity index is 1390. The lowest BCUT2D eigenvalue weighted by Gasteiger charge is -2.09. The monoisotopic (exact) mass is 472 g/mol. The molecule has 4 nitrogen and oxygen atoms in total. The molecule has 0 aliphatic heterocycles. The summed E-state index contributed by atoms with van der Waals surface area (Å²) < 4.78 is 11.7. The Labute approximate surface area is 210 Å². The number of hydrogen-bond donors (Lipinski definition) is 0. The number of hydrogen-bond acceptors (Lipinski definition) is 4. The molecule has 0 radical (unpaired) electrons. The molecule has 4 heteroatoms. The van der Waals surface area contributed by atoms with Crippen LogP contribution in [0, 0.1) is 0 Å². The minimum atomic E-state index is -0.0304. The van der Waals surface area contributed by atoms with Crippen molar-refractivity contribution in [3.63, 3.8) is 0 Å². The first kappa shape index (κ1) is 24.2. The van der Waals surface area contributed by atoms with E-state index in [1.54, 1.807) is 12.1 Å². The fourth-order valence-electron chi connectivity index (χ4n) is 3.65. The van der Waals surface area contributed by atoms with Gasteiger partial charge in [0, 0.05) is 11.1 Å². The molecular formula is C32H24O4. The Morgan fingerprint density at radius 2 is 0.917 bits per heavy atom. The minimum absolute atomic E-state index is 0.0304. The van der Waals surface area contributed by atoms with Crippen LogP contribution in [-0.4, -0.2) is 12.6 Å². The summed E-state index contributed by atoms with van der Waals surface area (Å²) in [6.07, 6.45) is 0. The molecule has 0 N–H and O–H groups in total. The number of carbonyl (C=O) groups excluding carboxylic acids is 2. The predicted octanol–water partition coefficient (Wildman–Crippen LogP) is 7.98. The van der Waals surface area contributed by atoms with Gasteiger partial charge in [0.25, 0.3) is 0 Å². The summed E-state index contributed by atoms with van der Waals surface area (Å²) in [6.45, 7) is 2.00. The summed E-state index contributed by atoms with van der Waals surface area (Å²) in [6, 6.07) is 42.0. The van der Waals surface area contributed by atoms with Crippen molar-refractivity contribution in [3.05, 3.63) is 145 Å². The molecule has 0 aliphatic carbocycles. The van der Waals surface area contributed by atoms with Gasteiger partial charge in [-0.2, -0.15) is 0 Å². The molecule has 0 heterocycles. The van der Waals surface area contributed by atoms with E-state index in [0.717, 1.165) is 28.4 Å². The van der Waals surface area contributed by atoms with Crippen LogP contribution in [-0.2, 0) is 4.79 Å². The maximum absolute atomic E-state index is 13.1. The van der Waals surface area contributed by atoms with Crippen molar-refractivity contribution >= 4 is 12.6 Å². The molecule has 0 amide bonds. The van der Waals surface area contributed by atoms with Crippen molar-refractivity contribution in [2.45, 2.75) is 0 Å². The Balaban J connectivity index is 0.00000148. The Morgan fingerprint density at radius 3 is 1.44 bits per heavy atom. The molecule has 5 aromatic carbocycles. The molecule has 0 saturated carbocycles. The van der Waals surface area contributed by atoms with E-state index in [-0.39, 0.29) is 5.78 Å². The van der Waals surface area contributed by atoms with Gasteiger partial charge in [0.05, 0.1) is 0 Å². The van der Waals surface area contributed by atoms with Crippen molar-refractivity contribution in [1.82, 2.24) is 0 Å². The maximum Gasteiger partial charge on any atom is 0.193 e. The molecule has 0 aliphatic rings. The first-order chi connectivity index (χ1) is 17.7. The van der Waals surface area contributed by atoms with Crippen LogP contribution >= 0.6 is 0 Å². The van der Waals surface area contributed by atoms with Gasteiger partial charge in [0.2, 0.25) is 0 Å². The highest BCUT2D eigenvalue weighted by Crippen LogP contribution is 2.27. The van der Waals surface area contributed by atoms with E-state index in [2.05, 4.69) is 0 Å². The number of carbonyl (C=O) groups is 2. The molecule has 36 heavy (non-hydrogen) atoms. The Hall–Kier alpha value is -4.96. The van der Waals surface area contributed by atoms with Gasteiger partial charge in [-0.1, -0.05) is 66.7 Å². The number of ketones is 1. The van der Waals surface area contributed by atoms with Crippen LogP contribution in [0.4, 0.5) is 0 Å². The van der Waals surface area contributed by atoms with E-state index < -0.39 is 0 Å². The van der Waals surface area contributed by atoms with E-state index in [1.807, 2.05) is 128 Å². The van der Waals surface area contributed by atoms with E-state index in [9.17, 15) is 4.79 Å². The molecule has 0 aromatic heterocycles. The van der Waals surface area contributed by atoms with Crippen molar-refractivity contribution < 1.29 is 19.1 Å². The third kappa shape index (κ3) is 6.13. The van der Waals surface area contributed by atoms with Crippen LogP contribution in [0.25, 0.3) is 11.1 Å². The zero-order valence-electron chi connectivity index (χ0n) is 19.5. The minimum Gasteiger partial charge on any atom is -0.457 e. The molecule has 176 valence electrons. The smallest absolute Gasteiger partial charge is 0.193 e. The third-order valence-corrected chi connectivity index (χ3v) is 5.39. The normalized spacial score (nSPS) is 10.0. The number of benzene rings is 5. The van der Waals surface area contributed by atoms with Gasteiger partial charge in [0.1, 0.15) is 29.8 Å². The largest absolute Gasteiger partial charge is 0.457 e. The predicted molar refractivity (Wildman–Crippen MR) is 142 cm³/mol. The maximum atomic E-state index is 13.1. The highest BCUT2D eigenvalue weighted by Gasteiger charge is 2.11. The topological polar surface area (TPSA) is 52.6 Å². The molecular weight excluding hydrogens is 448 g/mol. The Kier molecular flexibility index (Phi) is 8.03. The zero-order chi connectivity index (χ0) is 25.2. The van der Waals surface area contributed by atoms with Crippen molar-refractivity contribution in [2.24, 2.45) is 0 Å². The van der Waals surface area contributed by atoms with Crippen LogP contribution in [0.3, 0.4) is 0 Å². The van der Waals surface area contributed by atoms with Gasteiger partial charge in [-0.15, -0.1) is 0 Å². The molecule has 5 rings (SSSR count). The van der Waals surface area contributed by atoms with Crippen LogP contribution in [0.15, 0.2) is 133 Å². The molecule has 0 bridgehead atoms. The molecule has 0 atom stereocenters. The van der Waals surface area contributed by atoms with Gasteiger partial charge in [0.15, 0.2) is 5.78 Å².